The number of benzene rings is 3. The Bertz CT molecular complexity index is 1780. The number of ether oxygens (including phenoxy) is 2. The molecule has 1 saturated carbocycles. The molecule has 228 valence electrons. The van der Waals surface area contributed by atoms with Crippen molar-refractivity contribution >= 4 is 27.5 Å². The monoisotopic (exact) mass is 598 g/mol. The Hall–Kier alpha value is -4.00. The van der Waals surface area contributed by atoms with Crippen LogP contribution in [0.3, 0.4) is 0 Å². The zero-order valence-corrected chi connectivity index (χ0v) is 24.9. The van der Waals surface area contributed by atoms with E-state index in [1.54, 1.807) is 12.1 Å². The predicted octanol–water partition coefficient (Wildman–Crippen LogP) is 6.29. The number of terminal acetylenes is 1. The molecule has 1 N–H and O–H groups in total. The van der Waals surface area contributed by atoms with Gasteiger partial charge in [0, 0.05) is 47.5 Å². The van der Waals surface area contributed by atoms with E-state index >= 15 is 4.39 Å². The first kappa shape index (κ1) is 28.8. The van der Waals surface area contributed by atoms with Crippen LogP contribution in [0.2, 0.25) is 0 Å². The molecule has 3 heterocycles. The highest BCUT2D eigenvalue weighted by Gasteiger charge is 2.47. The minimum atomic E-state index is -0.615. The molecule has 0 spiro atoms. The summed E-state index contributed by atoms with van der Waals surface area (Å²) in [6.45, 7) is 4.05. The van der Waals surface area contributed by atoms with Gasteiger partial charge in [-0.15, -0.1) is 6.42 Å². The number of hydrogen-bond acceptors (Lipinski definition) is 7. The van der Waals surface area contributed by atoms with E-state index in [4.69, 9.17) is 20.9 Å². The van der Waals surface area contributed by atoms with Crippen LogP contribution in [-0.2, 0) is 4.74 Å². The van der Waals surface area contributed by atoms with Gasteiger partial charge in [0.2, 0.25) is 0 Å². The second-order valence-electron chi connectivity index (χ2n) is 12.4. The molecule has 0 bridgehead atoms. The number of phenolic OH excluding ortho intramolecular Hbond substituents is 1. The Morgan fingerprint density at radius 2 is 1.91 bits per heavy atom. The second kappa shape index (κ2) is 11.5. The maximum atomic E-state index is 16.8. The molecular weight excluding hydrogens is 562 g/mol. The molecule has 2 aliphatic heterocycles. The molecule has 7 nitrogen and oxygen atoms in total. The molecule has 0 amide bonds. The fourth-order valence-corrected chi connectivity index (χ4v) is 7.76. The molecule has 1 aliphatic carbocycles. The Morgan fingerprint density at radius 1 is 1.05 bits per heavy atom. The summed E-state index contributed by atoms with van der Waals surface area (Å²) in [4.78, 5) is 14.1. The van der Waals surface area contributed by atoms with Crippen molar-refractivity contribution in [3.8, 4) is 35.2 Å². The first-order chi connectivity index (χ1) is 21.4. The Morgan fingerprint density at radius 3 is 2.77 bits per heavy atom. The van der Waals surface area contributed by atoms with E-state index in [0.717, 1.165) is 45.1 Å². The van der Waals surface area contributed by atoms with Crippen molar-refractivity contribution in [2.24, 2.45) is 5.41 Å². The summed E-state index contributed by atoms with van der Waals surface area (Å²) in [7, 11) is 2.19. The lowest BCUT2D eigenvalue weighted by molar-refractivity contribution is 0.0133. The van der Waals surface area contributed by atoms with Gasteiger partial charge in [-0.3, -0.25) is 0 Å². The SMILES string of the molecule is C#Cc1c(F)ccc2cc(O)cc(-c3ccc4c(N5CCCOCC5)nc(OC[C@]56CCC[C@H]5N(C)CCC6)nc4c3F)c12. The normalized spacial score (nSPS) is 22.6. The number of rotatable bonds is 5. The average molecular weight is 599 g/mol. The highest BCUT2D eigenvalue weighted by atomic mass is 19.1. The molecule has 2 atom stereocenters. The maximum Gasteiger partial charge on any atom is 0.319 e. The Balaban J connectivity index is 1.37. The molecule has 2 saturated heterocycles. The summed E-state index contributed by atoms with van der Waals surface area (Å²) in [6.07, 6.45) is 12.1. The highest BCUT2D eigenvalue weighted by molar-refractivity contribution is 6.04. The predicted molar refractivity (Wildman–Crippen MR) is 167 cm³/mol. The zero-order valence-electron chi connectivity index (χ0n) is 24.9. The van der Waals surface area contributed by atoms with Gasteiger partial charge in [-0.05, 0) is 80.9 Å². The lowest BCUT2D eigenvalue weighted by Crippen LogP contribution is -2.50. The number of fused-ring (bicyclic) bond motifs is 3. The van der Waals surface area contributed by atoms with Crippen molar-refractivity contribution in [3.63, 3.8) is 0 Å². The molecule has 4 aromatic rings. The van der Waals surface area contributed by atoms with Crippen molar-refractivity contribution in [2.75, 3.05) is 51.4 Å². The van der Waals surface area contributed by atoms with Gasteiger partial charge in [0.25, 0.3) is 0 Å². The third-order valence-electron chi connectivity index (χ3n) is 9.84. The number of likely N-dealkylation sites (tertiary alicyclic amines) is 1. The van der Waals surface area contributed by atoms with Crippen molar-refractivity contribution in [2.45, 2.75) is 44.6 Å². The Kier molecular flexibility index (Phi) is 7.51. The largest absolute Gasteiger partial charge is 0.508 e. The van der Waals surface area contributed by atoms with E-state index in [9.17, 15) is 9.50 Å². The summed E-state index contributed by atoms with van der Waals surface area (Å²) in [5.41, 5.74) is 0.577. The van der Waals surface area contributed by atoms with Crippen molar-refractivity contribution in [1.29, 1.82) is 0 Å². The fraction of sp³-hybridized carbons (Fsp3) is 0.429. The second-order valence-corrected chi connectivity index (χ2v) is 12.4. The van der Waals surface area contributed by atoms with Crippen molar-refractivity contribution in [3.05, 3.63) is 53.6 Å². The summed E-state index contributed by atoms with van der Waals surface area (Å²) < 4.78 is 43.7. The van der Waals surface area contributed by atoms with E-state index < -0.39 is 11.6 Å². The molecule has 1 aromatic heterocycles. The van der Waals surface area contributed by atoms with Gasteiger partial charge in [-0.2, -0.15) is 9.97 Å². The summed E-state index contributed by atoms with van der Waals surface area (Å²) >= 11 is 0. The molecular formula is C35H36F2N4O3. The van der Waals surface area contributed by atoms with Crippen LogP contribution in [0.15, 0.2) is 36.4 Å². The van der Waals surface area contributed by atoms with E-state index in [1.807, 2.05) is 0 Å². The third kappa shape index (κ3) is 4.90. The molecule has 3 fully saturated rings. The molecule has 3 aliphatic rings. The molecule has 0 unspecified atom stereocenters. The van der Waals surface area contributed by atoms with Gasteiger partial charge in [-0.1, -0.05) is 24.5 Å². The molecule has 3 aromatic carbocycles. The van der Waals surface area contributed by atoms with Crippen LogP contribution in [0.1, 0.15) is 44.1 Å². The molecule has 7 rings (SSSR count). The number of piperidine rings is 1. The highest BCUT2D eigenvalue weighted by Crippen LogP contribution is 2.47. The number of aromatic hydroxyl groups is 1. The summed E-state index contributed by atoms with van der Waals surface area (Å²) in [5.74, 6) is 1.72. The lowest BCUT2D eigenvalue weighted by atomic mass is 9.76. The number of aromatic nitrogens is 2. The lowest BCUT2D eigenvalue weighted by Gasteiger charge is -2.44. The van der Waals surface area contributed by atoms with Crippen LogP contribution < -0.4 is 9.64 Å². The molecule has 44 heavy (non-hydrogen) atoms. The minimum absolute atomic E-state index is 0.0109. The topological polar surface area (TPSA) is 71.0 Å². The standard InChI is InChI=1S/C35H36F2N4O3/c1-3-24-28(36)11-8-22-19-23(42)20-27(30(22)24)25-9-10-26-32(31(25)37)38-34(39-33(26)41-15-6-17-43-18-16-41)44-21-35-12-4-7-29(35)40(2)14-5-13-35/h1,8-11,19-20,29,42H,4-7,12-18,21H2,2H3/t29-,35-/m1/s1. The van der Waals surface area contributed by atoms with Gasteiger partial charge < -0.3 is 24.4 Å². The third-order valence-corrected chi connectivity index (χ3v) is 9.84. The molecule has 0 radical (unpaired) electrons. The summed E-state index contributed by atoms with van der Waals surface area (Å²) in [5, 5.41) is 12.0. The average Bonchev–Trinajstić information content (AvgIpc) is 3.28. The zero-order chi connectivity index (χ0) is 30.4. The van der Waals surface area contributed by atoms with Crippen LogP contribution in [0, 0.1) is 29.4 Å². The van der Waals surface area contributed by atoms with Crippen LogP contribution in [0.25, 0.3) is 32.8 Å². The number of nitrogens with zero attached hydrogens (tertiary/aromatic N) is 4. The van der Waals surface area contributed by atoms with Crippen LogP contribution in [0.5, 0.6) is 11.8 Å². The minimum Gasteiger partial charge on any atom is -0.508 e. The van der Waals surface area contributed by atoms with Gasteiger partial charge in [0.15, 0.2) is 5.82 Å². The van der Waals surface area contributed by atoms with Crippen LogP contribution in [0.4, 0.5) is 14.6 Å². The fourth-order valence-electron chi connectivity index (χ4n) is 7.76. The van der Waals surface area contributed by atoms with E-state index in [0.29, 0.717) is 60.9 Å². The quantitative estimate of drug-likeness (QED) is 0.271. The number of halogens is 2. The van der Waals surface area contributed by atoms with Gasteiger partial charge in [0.1, 0.15) is 22.9 Å². The number of phenols is 1. The van der Waals surface area contributed by atoms with Gasteiger partial charge in [0.05, 0.1) is 18.8 Å². The first-order valence-corrected chi connectivity index (χ1v) is 15.5. The summed E-state index contributed by atoms with van der Waals surface area (Å²) in [6, 6.07) is 9.68. The Labute approximate surface area is 255 Å². The van der Waals surface area contributed by atoms with E-state index in [1.165, 1.54) is 24.3 Å². The smallest absolute Gasteiger partial charge is 0.319 e. The van der Waals surface area contributed by atoms with E-state index in [2.05, 4.69) is 27.8 Å². The van der Waals surface area contributed by atoms with Gasteiger partial charge >= 0.3 is 6.01 Å². The van der Waals surface area contributed by atoms with Gasteiger partial charge in [-0.25, -0.2) is 8.78 Å². The van der Waals surface area contributed by atoms with Crippen molar-refractivity contribution < 1.29 is 23.4 Å². The number of hydrogen-bond donors (Lipinski definition) is 1. The van der Waals surface area contributed by atoms with E-state index in [-0.39, 0.29) is 39.4 Å². The first-order valence-electron chi connectivity index (χ1n) is 15.5. The van der Waals surface area contributed by atoms with Crippen LogP contribution in [-0.4, -0.2) is 72.5 Å². The molecule has 9 heteroatoms. The van der Waals surface area contributed by atoms with Crippen LogP contribution >= 0.6 is 0 Å². The maximum absolute atomic E-state index is 16.8. The van der Waals surface area contributed by atoms with Crippen molar-refractivity contribution in [1.82, 2.24) is 14.9 Å². The number of anilines is 1.